The van der Waals surface area contributed by atoms with Gasteiger partial charge in [-0.15, -0.1) is 0 Å². The lowest BCUT2D eigenvalue weighted by molar-refractivity contribution is 0.598. The first kappa shape index (κ1) is 10.9. The van der Waals surface area contributed by atoms with Crippen molar-refractivity contribution in [2.24, 2.45) is 5.14 Å². The second-order valence-corrected chi connectivity index (χ2v) is 4.49. The first-order valence-corrected chi connectivity index (χ1v) is 5.88. The Balaban J connectivity index is 2.95. The summed E-state index contributed by atoms with van der Waals surface area (Å²) in [7, 11) is -3.56. The minimum absolute atomic E-state index is 0.145. The average molecular weight is 211 g/mol. The van der Waals surface area contributed by atoms with Crippen molar-refractivity contribution in [2.75, 3.05) is 0 Å². The number of allylic oxidation sites excluding steroid dienone is 1. The molecule has 0 unspecified atom stereocenters. The summed E-state index contributed by atoms with van der Waals surface area (Å²) in [5.41, 5.74) is 0.972. The van der Waals surface area contributed by atoms with Crippen LogP contribution in [0, 0.1) is 0 Å². The normalized spacial score (nSPS) is 12.1. The van der Waals surface area contributed by atoms with Crippen molar-refractivity contribution in [2.45, 2.75) is 18.2 Å². The predicted molar refractivity (Wildman–Crippen MR) is 57.1 cm³/mol. The second-order valence-electron chi connectivity index (χ2n) is 2.92. The first-order chi connectivity index (χ1) is 6.54. The lowest BCUT2D eigenvalue weighted by atomic mass is 10.2. The van der Waals surface area contributed by atoms with Gasteiger partial charge in [0.05, 0.1) is 4.90 Å². The first-order valence-electron chi connectivity index (χ1n) is 4.33. The minimum Gasteiger partial charge on any atom is -0.225 e. The van der Waals surface area contributed by atoms with Gasteiger partial charge in [-0.3, -0.25) is 0 Å². The van der Waals surface area contributed by atoms with Gasteiger partial charge in [0, 0.05) is 0 Å². The fourth-order valence-corrected chi connectivity index (χ4v) is 1.54. The van der Waals surface area contributed by atoms with E-state index in [2.05, 4.69) is 0 Å². The van der Waals surface area contributed by atoms with Gasteiger partial charge >= 0.3 is 0 Å². The van der Waals surface area contributed by atoms with E-state index >= 15 is 0 Å². The van der Waals surface area contributed by atoms with Gasteiger partial charge in [0.1, 0.15) is 0 Å². The van der Waals surface area contributed by atoms with E-state index in [4.69, 9.17) is 5.14 Å². The molecule has 2 N–H and O–H groups in total. The molecule has 1 rings (SSSR count). The van der Waals surface area contributed by atoms with Gasteiger partial charge in [-0.1, -0.05) is 31.2 Å². The third-order valence-corrected chi connectivity index (χ3v) is 2.68. The molecule has 0 aromatic heterocycles. The smallest absolute Gasteiger partial charge is 0.225 e. The molecule has 0 fully saturated rings. The Kier molecular flexibility index (Phi) is 3.43. The number of benzene rings is 1. The molecule has 0 aliphatic heterocycles. The molecule has 3 nitrogen and oxygen atoms in total. The van der Waals surface area contributed by atoms with Crippen LogP contribution in [-0.2, 0) is 10.0 Å². The van der Waals surface area contributed by atoms with Crippen LogP contribution in [0.1, 0.15) is 18.9 Å². The highest BCUT2D eigenvalue weighted by Crippen LogP contribution is 2.09. The monoisotopic (exact) mass is 211 g/mol. The summed E-state index contributed by atoms with van der Waals surface area (Å²) in [6, 6.07) is 6.47. The summed E-state index contributed by atoms with van der Waals surface area (Å²) >= 11 is 0. The van der Waals surface area contributed by atoms with E-state index in [9.17, 15) is 8.42 Å². The Hall–Kier alpha value is -1.13. The average Bonchev–Trinajstić information content (AvgIpc) is 2.14. The molecular formula is C10H13NO2S. The maximum Gasteiger partial charge on any atom is 0.238 e. The van der Waals surface area contributed by atoms with Crippen LogP contribution >= 0.6 is 0 Å². The van der Waals surface area contributed by atoms with E-state index in [-0.39, 0.29) is 4.90 Å². The highest BCUT2D eigenvalue weighted by Gasteiger charge is 2.05. The molecular weight excluding hydrogens is 198 g/mol. The van der Waals surface area contributed by atoms with Crippen molar-refractivity contribution in [3.63, 3.8) is 0 Å². The molecule has 0 amide bonds. The summed E-state index contributed by atoms with van der Waals surface area (Å²) in [6.07, 6.45) is 4.90. The second kappa shape index (κ2) is 4.39. The molecule has 0 aliphatic carbocycles. The van der Waals surface area contributed by atoms with Crippen molar-refractivity contribution in [1.82, 2.24) is 0 Å². The van der Waals surface area contributed by atoms with E-state index in [0.29, 0.717) is 0 Å². The molecule has 4 heteroatoms. The Morgan fingerprint density at radius 2 is 1.86 bits per heavy atom. The Bertz CT molecular complexity index is 418. The molecule has 0 saturated heterocycles. The molecule has 0 spiro atoms. The van der Waals surface area contributed by atoms with Gasteiger partial charge in [-0.2, -0.15) is 0 Å². The van der Waals surface area contributed by atoms with Gasteiger partial charge < -0.3 is 0 Å². The molecule has 0 saturated carbocycles. The van der Waals surface area contributed by atoms with Crippen LogP contribution in [0.3, 0.4) is 0 Å². The van der Waals surface area contributed by atoms with E-state index in [1.165, 1.54) is 12.1 Å². The zero-order valence-electron chi connectivity index (χ0n) is 7.97. The number of rotatable bonds is 3. The highest BCUT2D eigenvalue weighted by molar-refractivity contribution is 7.89. The van der Waals surface area contributed by atoms with E-state index in [0.717, 1.165) is 12.0 Å². The summed E-state index contributed by atoms with van der Waals surface area (Å²) in [5, 5.41) is 4.96. The van der Waals surface area contributed by atoms with Gasteiger partial charge in [-0.05, 0) is 24.1 Å². The van der Waals surface area contributed by atoms with Crippen LogP contribution in [0.4, 0.5) is 0 Å². The fraction of sp³-hybridized carbons (Fsp3) is 0.200. The molecule has 76 valence electrons. The lowest BCUT2D eigenvalue weighted by Gasteiger charge is -1.97. The molecule has 0 aliphatic rings. The van der Waals surface area contributed by atoms with Crippen LogP contribution in [0.25, 0.3) is 6.08 Å². The number of sulfonamides is 1. The molecule has 0 heterocycles. The van der Waals surface area contributed by atoms with Crippen molar-refractivity contribution >= 4 is 16.1 Å². The standard InChI is InChI=1S/C10H13NO2S/c1-2-3-4-9-5-7-10(8-6-9)14(11,12)13/h3-8H,2H2,1H3,(H2,11,12,13)/b4-3-. The van der Waals surface area contributed by atoms with Gasteiger partial charge in [0.2, 0.25) is 10.0 Å². The fourth-order valence-electron chi connectivity index (χ4n) is 1.02. The van der Waals surface area contributed by atoms with E-state index in [1.807, 2.05) is 19.1 Å². The van der Waals surface area contributed by atoms with Gasteiger partial charge in [-0.25, -0.2) is 13.6 Å². The zero-order chi connectivity index (χ0) is 10.6. The molecule has 0 atom stereocenters. The maximum atomic E-state index is 10.9. The summed E-state index contributed by atoms with van der Waals surface area (Å²) in [5.74, 6) is 0. The molecule has 0 bridgehead atoms. The van der Waals surface area contributed by atoms with Gasteiger partial charge in [0.15, 0.2) is 0 Å². The molecule has 1 aromatic rings. The Labute approximate surface area is 84.3 Å². The minimum atomic E-state index is -3.56. The topological polar surface area (TPSA) is 60.2 Å². The Morgan fingerprint density at radius 1 is 1.29 bits per heavy atom. The van der Waals surface area contributed by atoms with Crippen LogP contribution in [0.2, 0.25) is 0 Å². The largest absolute Gasteiger partial charge is 0.238 e. The van der Waals surface area contributed by atoms with Crippen LogP contribution in [0.15, 0.2) is 35.2 Å². The van der Waals surface area contributed by atoms with Crippen LogP contribution in [-0.4, -0.2) is 8.42 Å². The predicted octanol–water partition coefficient (Wildman–Crippen LogP) is 1.76. The lowest BCUT2D eigenvalue weighted by Crippen LogP contribution is -2.11. The quantitative estimate of drug-likeness (QED) is 0.828. The van der Waals surface area contributed by atoms with Crippen molar-refractivity contribution in [3.8, 4) is 0 Å². The summed E-state index contributed by atoms with van der Waals surface area (Å²) < 4.78 is 21.8. The number of primary sulfonamides is 1. The van der Waals surface area contributed by atoms with Crippen molar-refractivity contribution in [3.05, 3.63) is 35.9 Å². The van der Waals surface area contributed by atoms with Gasteiger partial charge in [0.25, 0.3) is 0 Å². The third-order valence-electron chi connectivity index (χ3n) is 1.75. The SMILES string of the molecule is CC/C=C\c1ccc(S(N)(=O)=O)cc1. The van der Waals surface area contributed by atoms with Crippen molar-refractivity contribution in [1.29, 1.82) is 0 Å². The van der Waals surface area contributed by atoms with Crippen LogP contribution < -0.4 is 5.14 Å². The van der Waals surface area contributed by atoms with Crippen molar-refractivity contribution < 1.29 is 8.42 Å². The van der Waals surface area contributed by atoms with E-state index < -0.39 is 10.0 Å². The van der Waals surface area contributed by atoms with Crippen LogP contribution in [0.5, 0.6) is 0 Å². The molecule has 1 aromatic carbocycles. The Morgan fingerprint density at radius 3 is 2.29 bits per heavy atom. The highest BCUT2D eigenvalue weighted by atomic mass is 32.2. The maximum absolute atomic E-state index is 10.9. The summed E-state index contributed by atoms with van der Waals surface area (Å²) in [6.45, 7) is 2.04. The number of hydrogen-bond acceptors (Lipinski definition) is 2. The zero-order valence-corrected chi connectivity index (χ0v) is 8.79. The number of nitrogens with two attached hydrogens (primary N) is 1. The molecule has 14 heavy (non-hydrogen) atoms. The third kappa shape index (κ3) is 2.97. The van der Waals surface area contributed by atoms with E-state index in [1.54, 1.807) is 12.1 Å². The number of hydrogen-bond donors (Lipinski definition) is 1. The summed E-state index contributed by atoms with van der Waals surface area (Å²) in [4.78, 5) is 0.145. The molecule has 0 radical (unpaired) electrons.